The van der Waals surface area contributed by atoms with Crippen LogP contribution in [-0.2, 0) is 9.53 Å². The lowest BCUT2D eigenvalue weighted by Crippen LogP contribution is -2.39. The Bertz CT molecular complexity index is 615. The normalized spacial score (nSPS) is 10.1. The predicted octanol–water partition coefficient (Wildman–Crippen LogP) is 1.73. The van der Waals surface area contributed by atoms with Gasteiger partial charge in [0.25, 0.3) is 5.91 Å². The monoisotopic (exact) mass is 352 g/mol. The second-order valence-corrected chi connectivity index (χ2v) is 5.50. The number of urea groups is 1. The largest absolute Gasteiger partial charge is 0.490 e. The molecule has 1 aromatic rings. The summed E-state index contributed by atoms with van der Waals surface area (Å²) in [6.07, 6.45) is 0. The maximum atomic E-state index is 12.0. The van der Waals surface area contributed by atoms with Crippen molar-refractivity contribution in [2.45, 2.75) is 20.8 Å². The molecule has 0 radical (unpaired) electrons. The Kier molecular flexibility index (Phi) is 8.25. The van der Waals surface area contributed by atoms with E-state index in [9.17, 15) is 14.4 Å². The molecule has 0 aliphatic rings. The van der Waals surface area contributed by atoms with Gasteiger partial charge in [-0.25, -0.2) is 9.59 Å². The summed E-state index contributed by atoms with van der Waals surface area (Å²) in [5, 5.41) is 4.21. The van der Waals surface area contributed by atoms with Crippen LogP contribution in [0.3, 0.4) is 0 Å². The van der Waals surface area contributed by atoms with Crippen molar-refractivity contribution in [3.05, 3.63) is 23.8 Å². The Hall–Kier alpha value is -2.77. The van der Waals surface area contributed by atoms with Crippen LogP contribution < -0.4 is 20.1 Å². The van der Waals surface area contributed by atoms with E-state index in [-0.39, 0.29) is 5.56 Å². The highest BCUT2D eigenvalue weighted by atomic mass is 16.5. The third-order valence-electron chi connectivity index (χ3n) is 2.87. The average Bonchev–Trinajstić information content (AvgIpc) is 2.58. The molecule has 8 heteroatoms. The summed E-state index contributed by atoms with van der Waals surface area (Å²) in [5.41, 5.74) is 0.216. The summed E-state index contributed by atoms with van der Waals surface area (Å²) in [4.78, 5) is 34.5. The van der Waals surface area contributed by atoms with Crippen LogP contribution in [-0.4, -0.2) is 44.8 Å². The molecule has 2 N–H and O–H groups in total. The third kappa shape index (κ3) is 7.11. The molecule has 0 unspecified atom stereocenters. The first kappa shape index (κ1) is 20.3. The van der Waals surface area contributed by atoms with E-state index in [1.807, 2.05) is 26.1 Å². The quantitative estimate of drug-likeness (QED) is 0.691. The lowest BCUT2D eigenvalue weighted by molar-refractivity contribution is -0.123. The predicted molar refractivity (Wildman–Crippen MR) is 90.8 cm³/mol. The Labute approximate surface area is 146 Å². The molecular weight excluding hydrogens is 328 g/mol. The molecule has 0 aliphatic carbocycles. The van der Waals surface area contributed by atoms with E-state index >= 15 is 0 Å². The fourth-order valence-electron chi connectivity index (χ4n) is 1.72. The zero-order chi connectivity index (χ0) is 18.8. The van der Waals surface area contributed by atoms with Crippen molar-refractivity contribution in [3.63, 3.8) is 0 Å². The molecule has 0 saturated carbocycles. The molecule has 3 amide bonds. The Morgan fingerprint density at radius 1 is 1.12 bits per heavy atom. The van der Waals surface area contributed by atoms with Crippen molar-refractivity contribution >= 4 is 17.9 Å². The number of carbonyl (C=O) groups is 3. The Balaban J connectivity index is 2.73. The molecule has 0 aliphatic heterocycles. The van der Waals surface area contributed by atoms with Crippen LogP contribution in [0.25, 0.3) is 0 Å². The lowest BCUT2D eigenvalue weighted by atomic mass is 10.2. The van der Waals surface area contributed by atoms with E-state index in [0.29, 0.717) is 30.6 Å². The highest BCUT2D eigenvalue weighted by molar-refractivity contribution is 5.97. The summed E-state index contributed by atoms with van der Waals surface area (Å²) >= 11 is 0. The number of carbonyl (C=O) groups excluding carboxylic acids is 3. The maximum absolute atomic E-state index is 12.0. The zero-order valence-electron chi connectivity index (χ0n) is 14.9. The van der Waals surface area contributed by atoms with Gasteiger partial charge in [-0.3, -0.25) is 10.1 Å². The zero-order valence-corrected chi connectivity index (χ0v) is 14.9. The van der Waals surface area contributed by atoms with E-state index in [0.717, 1.165) is 0 Å². The number of ether oxygens (including phenoxy) is 3. The number of rotatable bonds is 8. The van der Waals surface area contributed by atoms with Crippen molar-refractivity contribution in [1.82, 2.24) is 10.6 Å². The summed E-state index contributed by atoms with van der Waals surface area (Å²) in [6, 6.07) is 3.97. The van der Waals surface area contributed by atoms with Gasteiger partial charge in [0.15, 0.2) is 18.1 Å². The van der Waals surface area contributed by atoms with E-state index in [4.69, 9.17) is 14.2 Å². The first-order valence-corrected chi connectivity index (χ1v) is 7.95. The maximum Gasteiger partial charge on any atom is 0.338 e. The number of imide groups is 1. The minimum absolute atomic E-state index is 0.216. The fraction of sp³-hybridized carbons (Fsp3) is 0.471. The number of benzene rings is 1. The molecule has 0 bridgehead atoms. The summed E-state index contributed by atoms with van der Waals surface area (Å²) in [5.74, 6) is -0.132. The van der Waals surface area contributed by atoms with Gasteiger partial charge in [0.2, 0.25) is 0 Å². The van der Waals surface area contributed by atoms with Crippen LogP contribution in [0.4, 0.5) is 4.79 Å². The molecule has 138 valence electrons. The van der Waals surface area contributed by atoms with Crippen LogP contribution in [0.15, 0.2) is 18.2 Å². The number of hydrogen-bond acceptors (Lipinski definition) is 6. The van der Waals surface area contributed by atoms with Gasteiger partial charge in [-0.05, 0) is 31.0 Å². The topological polar surface area (TPSA) is 103 Å². The number of esters is 1. The SMILES string of the molecule is CCOc1cc(C(=O)OCC(=O)NC(=O)NC)ccc1OCC(C)C. The van der Waals surface area contributed by atoms with Gasteiger partial charge >= 0.3 is 12.0 Å². The van der Waals surface area contributed by atoms with Gasteiger partial charge in [0.1, 0.15) is 0 Å². The van der Waals surface area contributed by atoms with Gasteiger partial charge < -0.3 is 19.5 Å². The van der Waals surface area contributed by atoms with Crippen molar-refractivity contribution in [3.8, 4) is 11.5 Å². The Morgan fingerprint density at radius 2 is 1.84 bits per heavy atom. The molecule has 0 fully saturated rings. The van der Waals surface area contributed by atoms with E-state index in [1.54, 1.807) is 6.07 Å². The van der Waals surface area contributed by atoms with E-state index < -0.39 is 24.5 Å². The van der Waals surface area contributed by atoms with Crippen LogP contribution in [0.2, 0.25) is 0 Å². The van der Waals surface area contributed by atoms with Crippen LogP contribution in [0.1, 0.15) is 31.1 Å². The number of amides is 3. The van der Waals surface area contributed by atoms with Crippen molar-refractivity contribution in [1.29, 1.82) is 0 Å². The highest BCUT2D eigenvalue weighted by Crippen LogP contribution is 2.29. The van der Waals surface area contributed by atoms with Crippen molar-refractivity contribution < 1.29 is 28.6 Å². The van der Waals surface area contributed by atoms with E-state index in [1.165, 1.54) is 19.2 Å². The second kappa shape index (κ2) is 10.2. The third-order valence-corrected chi connectivity index (χ3v) is 2.87. The number of nitrogens with one attached hydrogen (secondary N) is 2. The van der Waals surface area contributed by atoms with Gasteiger partial charge in [0, 0.05) is 7.05 Å². The lowest BCUT2D eigenvalue weighted by Gasteiger charge is -2.14. The van der Waals surface area contributed by atoms with Crippen LogP contribution in [0.5, 0.6) is 11.5 Å². The van der Waals surface area contributed by atoms with Crippen molar-refractivity contribution in [2.24, 2.45) is 5.92 Å². The molecule has 0 spiro atoms. The molecule has 1 aromatic carbocycles. The molecule has 0 saturated heterocycles. The first-order chi connectivity index (χ1) is 11.9. The highest BCUT2D eigenvalue weighted by Gasteiger charge is 2.15. The van der Waals surface area contributed by atoms with Crippen molar-refractivity contribution in [2.75, 3.05) is 26.9 Å². The smallest absolute Gasteiger partial charge is 0.338 e. The minimum atomic E-state index is -0.727. The standard InChI is InChI=1S/C17H24N2O6/c1-5-23-14-8-12(6-7-13(14)24-9-11(2)3)16(21)25-10-15(20)19-17(22)18-4/h6-8,11H,5,9-10H2,1-4H3,(H2,18,19,20,22). The molecule has 0 heterocycles. The van der Waals surface area contributed by atoms with Gasteiger partial charge in [-0.2, -0.15) is 0 Å². The molecule has 0 atom stereocenters. The van der Waals surface area contributed by atoms with Gasteiger partial charge in [-0.15, -0.1) is 0 Å². The molecule has 0 aromatic heterocycles. The summed E-state index contributed by atoms with van der Waals surface area (Å²) < 4.78 is 16.0. The van der Waals surface area contributed by atoms with Gasteiger partial charge in [0.05, 0.1) is 18.8 Å². The number of hydrogen-bond donors (Lipinski definition) is 2. The van der Waals surface area contributed by atoms with Crippen LogP contribution >= 0.6 is 0 Å². The Morgan fingerprint density at radius 3 is 2.44 bits per heavy atom. The molecule has 8 nitrogen and oxygen atoms in total. The molecular formula is C17H24N2O6. The summed E-state index contributed by atoms with van der Waals surface area (Å²) in [6.45, 7) is 6.22. The molecule has 25 heavy (non-hydrogen) atoms. The average molecular weight is 352 g/mol. The minimum Gasteiger partial charge on any atom is -0.490 e. The van der Waals surface area contributed by atoms with Crippen LogP contribution in [0, 0.1) is 5.92 Å². The fourth-order valence-corrected chi connectivity index (χ4v) is 1.72. The van der Waals surface area contributed by atoms with E-state index in [2.05, 4.69) is 5.32 Å². The molecule has 1 rings (SSSR count). The second-order valence-electron chi connectivity index (χ2n) is 5.50. The van der Waals surface area contributed by atoms with Gasteiger partial charge in [-0.1, -0.05) is 13.8 Å². The first-order valence-electron chi connectivity index (χ1n) is 7.95. The summed E-state index contributed by atoms with van der Waals surface area (Å²) in [7, 11) is 1.37.